The number of imide groups is 1. The van der Waals surface area contributed by atoms with Gasteiger partial charge in [-0.15, -0.1) is 11.3 Å². The number of nitrogens with zero attached hydrogens (tertiary/aromatic N) is 2. The Morgan fingerprint density at radius 2 is 2.00 bits per heavy atom. The molecule has 10 heteroatoms. The number of aromatic nitrogens is 2. The normalized spacial score (nSPS) is 11.0. The fourth-order valence-electron chi connectivity index (χ4n) is 2.51. The van der Waals surface area contributed by atoms with Crippen molar-refractivity contribution >= 4 is 45.3 Å². The van der Waals surface area contributed by atoms with Crippen molar-refractivity contribution in [3.05, 3.63) is 46.1 Å². The summed E-state index contributed by atoms with van der Waals surface area (Å²) >= 11 is 2.33. The third-order valence-corrected chi connectivity index (χ3v) is 5.52. The van der Waals surface area contributed by atoms with Crippen LogP contribution in [0.25, 0.3) is 21.3 Å². The van der Waals surface area contributed by atoms with E-state index in [-0.39, 0.29) is 22.5 Å². The zero-order chi connectivity index (χ0) is 20.3. The van der Waals surface area contributed by atoms with Gasteiger partial charge in [-0.05, 0) is 19.4 Å². The first-order valence-electron chi connectivity index (χ1n) is 8.44. The van der Waals surface area contributed by atoms with E-state index in [2.05, 4.69) is 15.6 Å². The molecule has 0 bridgehead atoms. The molecule has 4 N–H and O–H groups in total. The van der Waals surface area contributed by atoms with Gasteiger partial charge < -0.3 is 11.2 Å². The van der Waals surface area contributed by atoms with Crippen LogP contribution in [0.4, 0.5) is 4.79 Å². The van der Waals surface area contributed by atoms with E-state index in [4.69, 9.17) is 5.84 Å². The standard InChI is InChI=1S/C18H19N5O3S2/c1-10(2)20-17(26)21-13(24)9-28-18-22-15-14(16(25)23(18)19)12(8-27-15)11-6-4-3-5-7-11/h3-8,10H,9,19H2,1-2H3,(H2,20,21,24,26). The molecule has 0 aliphatic rings. The van der Waals surface area contributed by atoms with Gasteiger partial charge in [0.2, 0.25) is 5.91 Å². The summed E-state index contributed by atoms with van der Waals surface area (Å²) < 4.78 is 0.938. The van der Waals surface area contributed by atoms with Crippen molar-refractivity contribution < 1.29 is 9.59 Å². The molecule has 3 rings (SSSR count). The number of amides is 3. The summed E-state index contributed by atoms with van der Waals surface area (Å²) in [7, 11) is 0. The summed E-state index contributed by atoms with van der Waals surface area (Å²) in [6, 6.07) is 8.86. The number of urea groups is 1. The first-order valence-corrected chi connectivity index (χ1v) is 10.3. The molecular formula is C18H19N5O3S2. The highest BCUT2D eigenvalue weighted by molar-refractivity contribution is 7.99. The van der Waals surface area contributed by atoms with E-state index in [1.165, 1.54) is 11.3 Å². The number of hydrogen-bond acceptors (Lipinski definition) is 7. The smallest absolute Gasteiger partial charge is 0.321 e. The minimum Gasteiger partial charge on any atom is -0.336 e. The van der Waals surface area contributed by atoms with Gasteiger partial charge in [-0.2, -0.15) is 0 Å². The van der Waals surface area contributed by atoms with Gasteiger partial charge in [0.25, 0.3) is 5.56 Å². The molecule has 0 unspecified atom stereocenters. The van der Waals surface area contributed by atoms with Crippen LogP contribution in [0, 0.1) is 0 Å². The van der Waals surface area contributed by atoms with Crippen LogP contribution in [0.2, 0.25) is 0 Å². The number of thiophene rings is 1. The van der Waals surface area contributed by atoms with Gasteiger partial charge >= 0.3 is 6.03 Å². The van der Waals surface area contributed by atoms with E-state index in [1.54, 1.807) is 13.8 Å². The number of nitrogen functional groups attached to an aromatic ring is 1. The van der Waals surface area contributed by atoms with Crippen LogP contribution in [0.1, 0.15) is 13.8 Å². The van der Waals surface area contributed by atoms with E-state index in [0.29, 0.717) is 10.2 Å². The summed E-state index contributed by atoms with van der Waals surface area (Å²) in [5.41, 5.74) is 1.30. The molecule has 0 spiro atoms. The highest BCUT2D eigenvalue weighted by atomic mass is 32.2. The fraction of sp³-hybridized carbons (Fsp3) is 0.222. The van der Waals surface area contributed by atoms with Gasteiger partial charge in [0.1, 0.15) is 4.83 Å². The fourth-order valence-corrected chi connectivity index (χ4v) is 4.21. The van der Waals surface area contributed by atoms with Crippen LogP contribution in [-0.4, -0.2) is 33.4 Å². The molecule has 0 aliphatic heterocycles. The zero-order valence-electron chi connectivity index (χ0n) is 15.3. The van der Waals surface area contributed by atoms with Crippen molar-refractivity contribution in [2.75, 3.05) is 11.6 Å². The molecule has 3 amide bonds. The summed E-state index contributed by atoms with van der Waals surface area (Å²) in [5.74, 6) is 5.32. The zero-order valence-corrected chi connectivity index (χ0v) is 16.9. The summed E-state index contributed by atoms with van der Waals surface area (Å²) in [6.45, 7) is 3.57. The van der Waals surface area contributed by atoms with Crippen LogP contribution >= 0.6 is 23.1 Å². The van der Waals surface area contributed by atoms with Crippen molar-refractivity contribution in [2.24, 2.45) is 0 Å². The molecule has 28 heavy (non-hydrogen) atoms. The Bertz CT molecular complexity index is 1080. The molecular weight excluding hydrogens is 398 g/mol. The monoisotopic (exact) mass is 417 g/mol. The lowest BCUT2D eigenvalue weighted by Crippen LogP contribution is -2.43. The Morgan fingerprint density at radius 3 is 2.68 bits per heavy atom. The minimum atomic E-state index is -0.570. The summed E-state index contributed by atoms with van der Waals surface area (Å²) in [5, 5.41) is 7.30. The quantitative estimate of drug-likeness (QED) is 0.333. The molecule has 0 aliphatic carbocycles. The molecule has 1 aromatic carbocycles. The third kappa shape index (κ3) is 4.34. The maximum absolute atomic E-state index is 12.8. The van der Waals surface area contributed by atoms with E-state index in [9.17, 15) is 14.4 Å². The van der Waals surface area contributed by atoms with Gasteiger partial charge in [-0.3, -0.25) is 14.9 Å². The van der Waals surface area contributed by atoms with E-state index in [1.807, 2.05) is 35.7 Å². The van der Waals surface area contributed by atoms with E-state index >= 15 is 0 Å². The molecule has 2 heterocycles. The van der Waals surface area contributed by atoms with Crippen LogP contribution in [0.15, 0.2) is 45.7 Å². The summed E-state index contributed by atoms with van der Waals surface area (Å²) in [4.78, 5) is 41.2. The number of fused-ring (bicyclic) bond motifs is 1. The molecule has 146 valence electrons. The Labute approximate surface area is 169 Å². The molecule has 3 aromatic rings. The van der Waals surface area contributed by atoms with Gasteiger partial charge in [-0.1, -0.05) is 42.1 Å². The van der Waals surface area contributed by atoms with E-state index < -0.39 is 11.9 Å². The Kier molecular flexibility index (Phi) is 6.00. The van der Waals surface area contributed by atoms with Crippen LogP contribution in [-0.2, 0) is 4.79 Å². The van der Waals surface area contributed by atoms with Gasteiger partial charge in [0.05, 0.1) is 11.1 Å². The molecule has 0 radical (unpaired) electrons. The number of nitrogens with two attached hydrogens (primary N) is 1. The molecule has 0 saturated heterocycles. The van der Waals surface area contributed by atoms with Crippen molar-refractivity contribution in [2.45, 2.75) is 25.0 Å². The predicted octanol–water partition coefficient (Wildman–Crippen LogP) is 2.17. The summed E-state index contributed by atoms with van der Waals surface area (Å²) in [6.07, 6.45) is 0. The minimum absolute atomic E-state index is 0.0867. The number of benzene rings is 1. The molecule has 0 atom stereocenters. The number of nitrogens with one attached hydrogen (secondary N) is 2. The number of rotatable bonds is 5. The number of carbonyl (C=O) groups excluding carboxylic acids is 2. The van der Waals surface area contributed by atoms with Gasteiger partial charge in [-0.25, -0.2) is 14.5 Å². The topological polar surface area (TPSA) is 119 Å². The first kappa shape index (κ1) is 19.9. The van der Waals surface area contributed by atoms with Gasteiger partial charge in [0.15, 0.2) is 5.16 Å². The molecule has 2 aromatic heterocycles. The predicted molar refractivity (Wildman–Crippen MR) is 112 cm³/mol. The Balaban J connectivity index is 1.81. The molecule has 0 fully saturated rings. The molecule has 8 nitrogen and oxygen atoms in total. The number of hydrogen-bond donors (Lipinski definition) is 3. The van der Waals surface area contributed by atoms with Crippen molar-refractivity contribution in [1.82, 2.24) is 20.3 Å². The first-order chi connectivity index (χ1) is 13.4. The van der Waals surface area contributed by atoms with Crippen LogP contribution in [0.5, 0.6) is 0 Å². The average molecular weight is 418 g/mol. The molecule has 0 saturated carbocycles. The number of carbonyl (C=O) groups is 2. The largest absolute Gasteiger partial charge is 0.336 e. The second-order valence-corrected chi connectivity index (χ2v) is 8.03. The lowest BCUT2D eigenvalue weighted by Gasteiger charge is -2.10. The SMILES string of the molecule is CC(C)NC(=O)NC(=O)CSc1nc2scc(-c3ccccc3)c2c(=O)n1N. The highest BCUT2D eigenvalue weighted by Gasteiger charge is 2.17. The average Bonchev–Trinajstić information content (AvgIpc) is 3.07. The second-order valence-electron chi connectivity index (χ2n) is 6.23. The highest BCUT2D eigenvalue weighted by Crippen LogP contribution is 2.31. The Morgan fingerprint density at radius 1 is 1.29 bits per heavy atom. The van der Waals surface area contributed by atoms with Crippen LogP contribution in [0.3, 0.4) is 0 Å². The van der Waals surface area contributed by atoms with Crippen molar-refractivity contribution in [3.63, 3.8) is 0 Å². The lowest BCUT2D eigenvalue weighted by atomic mass is 10.1. The maximum atomic E-state index is 12.8. The van der Waals surface area contributed by atoms with Crippen molar-refractivity contribution in [3.8, 4) is 11.1 Å². The lowest BCUT2D eigenvalue weighted by molar-refractivity contribution is -0.117. The maximum Gasteiger partial charge on any atom is 0.321 e. The second kappa shape index (κ2) is 8.44. The van der Waals surface area contributed by atoms with Crippen molar-refractivity contribution in [1.29, 1.82) is 0 Å². The van der Waals surface area contributed by atoms with Gasteiger partial charge in [0, 0.05) is 17.0 Å². The number of thioether (sulfide) groups is 1. The third-order valence-electron chi connectivity index (χ3n) is 3.70. The van der Waals surface area contributed by atoms with E-state index in [0.717, 1.165) is 27.6 Å². The van der Waals surface area contributed by atoms with Crippen LogP contribution < -0.4 is 22.0 Å². The Hall–Kier alpha value is -2.85.